The molecule has 0 amide bonds. The Labute approximate surface area is 88.3 Å². The van der Waals surface area contributed by atoms with Crippen molar-refractivity contribution in [3.63, 3.8) is 0 Å². The fourth-order valence-corrected chi connectivity index (χ4v) is 1.89. The minimum Gasteiger partial charge on any atom is -0.399 e. The van der Waals surface area contributed by atoms with Crippen molar-refractivity contribution in [3.05, 3.63) is 23.8 Å². The van der Waals surface area contributed by atoms with Crippen LogP contribution in [0.25, 0.3) is 0 Å². The Hall–Kier alpha value is -1.03. The summed E-state index contributed by atoms with van der Waals surface area (Å²) in [6.45, 7) is 0. The minimum absolute atomic E-state index is 0.114. The van der Waals surface area contributed by atoms with Crippen molar-refractivity contribution in [1.29, 1.82) is 0 Å². The lowest BCUT2D eigenvalue weighted by Crippen LogP contribution is -1.98. The van der Waals surface area contributed by atoms with Gasteiger partial charge in [0.15, 0.2) is 0 Å². The Morgan fingerprint density at radius 2 is 1.93 bits per heavy atom. The van der Waals surface area contributed by atoms with E-state index in [-0.39, 0.29) is 6.16 Å². The van der Waals surface area contributed by atoms with Crippen molar-refractivity contribution < 1.29 is 14.4 Å². The largest absolute Gasteiger partial charge is 0.399 e. The summed E-state index contributed by atoms with van der Waals surface area (Å²) >= 11 is 0. The van der Waals surface area contributed by atoms with Gasteiger partial charge < -0.3 is 21.3 Å². The predicted octanol–water partition coefficient (Wildman–Crippen LogP) is 0.961. The Kier molecular flexibility index (Phi) is 3.74. The number of aryl methyl sites for hydroxylation is 1. The number of hydrogen-bond donors (Lipinski definition) is 4. The quantitative estimate of drug-likeness (QED) is 0.455. The lowest BCUT2D eigenvalue weighted by Gasteiger charge is -2.07. The number of rotatable bonds is 4. The molecule has 0 radical (unpaired) electrons. The molecule has 0 heterocycles. The second-order valence-electron chi connectivity index (χ2n) is 3.45. The van der Waals surface area contributed by atoms with Crippen LogP contribution in [-0.2, 0) is 11.0 Å². The van der Waals surface area contributed by atoms with Crippen LogP contribution in [0.15, 0.2) is 18.2 Å². The molecule has 0 aromatic heterocycles. The summed E-state index contributed by atoms with van der Waals surface area (Å²) in [5.41, 5.74) is 13.3. The van der Waals surface area contributed by atoms with E-state index in [1.54, 1.807) is 18.2 Å². The molecule has 5 nitrogen and oxygen atoms in total. The fourth-order valence-electron chi connectivity index (χ4n) is 1.32. The summed E-state index contributed by atoms with van der Waals surface area (Å²) in [6, 6.07) is 5.15. The van der Waals surface area contributed by atoms with Gasteiger partial charge in [-0.3, -0.25) is 4.57 Å². The van der Waals surface area contributed by atoms with Crippen molar-refractivity contribution in [2.24, 2.45) is 0 Å². The van der Waals surface area contributed by atoms with Gasteiger partial charge in [-0.05, 0) is 30.5 Å². The Morgan fingerprint density at radius 1 is 1.27 bits per heavy atom. The van der Waals surface area contributed by atoms with Crippen molar-refractivity contribution in [1.82, 2.24) is 0 Å². The molecule has 0 bridgehead atoms. The van der Waals surface area contributed by atoms with Crippen LogP contribution >= 0.6 is 7.60 Å². The normalized spacial score (nSPS) is 11.6. The van der Waals surface area contributed by atoms with E-state index in [1.807, 2.05) is 0 Å². The molecule has 0 saturated carbocycles. The van der Waals surface area contributed by atoms with Crippen molar-refractivity contribution >= 4 is 19.0 Å². The summed E-state index contributed by atoms with van der Waals surface area (Å²) in [7, 11) is -3.89. The minimum atomic E-state index is -3.89. The smallest absolute Gasteiger partial charge is 0.325 e. The first-order chi connectivity index (χ1) is 6.88. The summed E-state index contributed by atoms with van der Waals surface area (Å²) < 4.78 is 10.6. The lowest BCUT2D eigenvalue weighted by molar-refractivity contribution is 0.371. The van der Waals surface area contributed by atoms with Gasteiger partial charge >= 0.3 is 7.60 Å². The highest BCUT2D eigenvalue weighted by Gasteiger charge is 2.12. The topological polar surface area (TPSA) is 110 Å². The highest BCUT2D eigenvalue weighted by Crippen LogP contribution is 2.35. The third-order valence-electron chi connectivity index (χ3n) is 2.07. The third kappa shape index (κ3) is 4.34. The van der Waals surface area contributed by atoms with Crippen LogP contribution in [0.2, 0.25) is 0 Å². The van der Waals surface area contributed by atoms with Crippen LogP contribution in [-0.4, -0.2) is 15.9 Å². The third-order valence-corrected chi connectivity index (χ3v) is 2.96. The lowest BCUT2D eigenvalue weighted by atomic mass is 10.1. The van der Waals surface area contributed by atoms with Gasteiger partial charge in [0, 0.05) is 11.4 Å². The van der Waals surface area contributed by atoms with E-state index < -0.39 is 7.60 Å². The molecule has 1 aromatic carbocycles. The summed E-state index contributed by atoms with van der Waals surface area (Å²) in [6.07, 6.45) is 0.854. The molecule has 0 aliphatic rings. The average Bonchev–Trinajstić information content (AvgIpc) is 2.07. The van der Waals surface area contributed by atoms with Gasteiger partial charge in [-0.15, -0.1) is 0 Å². The van der Waals surface area contributed by atoms with Gasteiger partial charge in [-0.2, -0.15) is 0 Å². The Morgan fingerprint density at radius 3 is 2.47 bits per heavy atom. The van der Waals surface area contributed by atoms with E-state index in [0.717, 1.165) is 5.56 Å². The van der Waals surface area contributed by atoms with Gasteiger partial charge in [-0.1, -0.05) is 6.07 Å². The molecule has 0 unspecified atom stereocenters. The number of anilines is 2. The second-order valence-corrected chi connectivity index (χ2v) is 5.23. The van der Waals surface area contributed by atoms with Crippen LogP contribution in [0, 0.1) is 0 Å². The van der Waals surface area contributed by atoms with Gasteiger partial charge in [0.1, 0.15) is 0 Å². The zero-order chi connectivity index (χ0) is 11.5. The predicted molar refractivity (Wildman–Crippen MR) is 60.5 cm³/mol. The monoisotopic (exact) mass is 230 g/mol. The molecule has 15 heavy (non-hydrogen) atoms. The maximum absolute atomic E-state index is 10.6. The Balaban J connectivity index is 2.55. The molecule has 1 aromatic rings. The van der Waals surface area contributed by atoms with Crippen molar-refractivity contribution in [2.45, 2.75) is 12.8 Å². The number of hydrogen-bond acceptors (Lipinski definition) is 3. The first-order valence-corrected chi connectivity index (χ1v) is 6.37. The van der Waals surface area contributed by atoms with Gasteiger partial charge in [0.05, 0.1) is 6.16 Å². The highest BCUT2D eigenvalue weighted by atomic mass is 31.2. The zero-order valence-corrected chi connectivity index (χ0v) is 9.15. The molecule has 0 fully saturated rings. The standard InChI is InChI=1S/C9H15N2O3P/c10-8-4-3-7(9(11)6-8)2-1-5-15(12,13)14/h3-4,6H,1-2,5,10-11H2,(H2,12,13,14). The molecule has 0 aliphatic carbocycles. The zero-order valence-electron chi connectivity index (χ0n) is 8.26. The van der Waals surface area contributed by atoms with E-state index in [1.165, 1.54) is 0 Å². The van der Waals surface area contributed by atoms with E-state index in [9.17, 15) is 4.57 Å². The maximum atomic E-state index is 10.6. The SMILES string of the molecule is Nc1ccc(CCCP(=O)(O)O)c(N)c1. The fraction of sp³-hybridized carbons (Fsp3) is 0.333. The molecule has 6 N–H and O–H groups in total. The van der Waals surface area contributed by atoms with Crippen LogP contribution in [0.3, 0.4) is 0 Å². The molecular formula is C9H15N2O3P. The van der Waals surface area contributed by atoms with Crippen LogP contribution < -0.4 is 11.5 Å². The Bertz CT molecular complexity index is 389. The first-order valence-electron chi connectivity index (χ1n) is 4.57. The van der Waals surface area contributed by atoms with E-state index in [4.69, 9.17) is 21.3 Å². The maximum Gasteiger partial charge on any atom is 0.325 e. The van der Waals surface area contributed by atoms with E-state index >= 15 is 0 Å². The molecule has 6 heteroatoms. The first kappa shape index (κ1) is 12.0. The summed E-state index contributed by atoms with van der Waals surface area (Å²) in [5, 5.41) is 0. The van der Waals surface area contributed by atoms with Crippen molar-refractivity contribution in [2.75, 3.05) is 17.6 Å². The van der Waals surface area contributed by atoms with Gasteiger partial charge in [0.25, 0.3) is 0 Å². The van der Waals surface area contributed by atoms with E-state index in [2.05, 4.69) is 0 Å². The van der Waals surface area contributed by atoms with Gasteiger partial charge in [-0.25, -0.2) is 0 Å². The number of nitrogens with two attached hydrogens (primary N) is 2. The van der Waals surface area contributed by atoms with Gasteiger partial charge in [0.2, 0.25) is 0 Å². The molecular weight excluding hydrogens is 215 g/mol. The number of benzene rings is 1. The number of nitrogen functional groups attached to an aromatic ring is 2. The highest BCUT2D eigenvalue weighted by molar-refractivity contribution is 7.51. The molecule has 0 atom stereocenters. The second kappa shape index (κ2) is 4.66. The summed E-state index contributed by atoms with van der Waals surface area (Å²) in [4.78, 5) is 17.3. The molecule has 0 saturated heterocycles. The van der Waals surface area contributed by atoms with Crippen molar-refractivity contribution in [3.8, 4) is 0 Å². The molecule has 84 valence electrons. The van der Waals surface area contributed by atoms with Crippen LogP contribution in [0.5, 0.6) is 0 Å². The molecule has 1 rings (SSSR count). The summed E-state index contributed by atoms with van der Waals surface area (Å²) in [5.74, 6) is 0. The van der Waals surface area contributed by atoms with E-state index in [0.29, 0.717) is 24.2 Å². The van der Waals surface area contributed by atoms with Crippen LogP contribution in [0.4, 0.5) is 11.4 Å². The molecule has 0 spiro atoms. The average molecular weight is 230 g/mol. The van der Waals surface area contributed by atoms with Crippen LogP contribution in [0.1, 0.15) is 12.0 Å². The molecule has 0 aliphatic heterocycles.